The Labute approximate surface area is 166 Å². The van der Waals surface area contributed by atoms with Crippen LogP contribution >= 0.6 is 34.8 Å². The van der Waals surface area contributed by atoms with Gasteiger partial charge in [0.25, 0.3) is 0 Å². The summed E-state index contributed by atoms with van der Waals surface area (Å²) in [5.41, 5.74) is 1.02. The summed E-state index contributed by atoms with van der Waals surface area (Å²) < 4.78 is 5.37. The van der Waals surface area contributed by atoms with E-state index >= 15 is 0 Å². The molecule has 138 valence electrons. The molecule has 6 nitrogen and oxygen atoms in total. The molecule has 0 unspecified atom stereocenters. The first-order valence-corrected chi connectivity index (χ1v) is 9.25. The molecule has 2 aromatic rings. The summed E-state index contributed by atoms with van der Waals surface area (Å²) in [7, 11) is 0. The molecule has 1 aliphatic rings. The van der Waals surface area contributed by atoms with Crippen LogP contribution in [0.3, 0.4) is 0 Å². The lowest BCUT2D eigenvalue weighted by molar-refractivity contribution is -0.105. The maximum Gasteiger partial charge on any atom is 0.212 e. The molecule has 1 aliphatic heterocycles. The Morgan fingerprint density at radius 3 is 2.65 bits per heavy atom. The van der Waals surface area contributed by atoms with Crippen molar-refractivity contribution in [1.29, 1.82) is 0 Å². The van der Waals surface area contributed by atoms with E-state index in [1.165, 1.54) is 6.20 Å². The highest BCUT2D eigenvalue weighted by atomic mass is 35.5. The zero-order valence-electron chi connectivity index (χ0n) is 13.8. The Kier molecular flexibility index (Phi) is 6.53. The zero-order chi connectivity index (χ0) is 18.5. The second-order valence-electron chi connectivity index (χ2n) is 5.90. The topological polar surface area (TPSA) is 76.1 Å². The van der Waals surface area contributed by atoms with Crippen molar-refractivity contribution in [3.63, 3.8) is 0 Å². The first-order chi connectivity index (χ1) is 12.6. The van der Waals surface area contributed by atoms with Crippen molar-refractivity contribution in [2.24, 2.45) is 5.92 Å². The average Bonchev–Trinajstić information content (AvgIpc) is 2.64. The Morgan fingerprint density at radius 1 is 1.15 bits per heavy atom. The fraction of sp³-hybridized carbons (Fsp3) is 0.353. The summed E-state index contributed by atoms with van der Waals surface area (Å²) in [5, 5.41) is 6.94. The monoisotopic (exact) mass is 414 g/mol. The number of rotatable bonds is 6. The number of hydrogen-bond donors (Lipinski definition) is 2. The smallest absolute Gasteiger partial charge is 0.212 e. The number of halogens is 3. The number of ether oxygens (including phenoxy) is 1. The predicted octanol–water partition coefficient (Wildman–Crippen LogP) is 4.51. The Hall–Kier alpha value is -1.60. The molecule has 2 aromatic heterocycles. The molecule has 3 rings (SSSR count). The van der Waals surface area contributed by atoms with Gasteiger partial charge < -0.3 is 15.4 Å². The van der Waals surface area contributed by atoms with Crippen molar-refractivity contribution in [2.75, 3.05) is 30.4 Å². The first-order valence-electron chi connectivity index (χ1n) is 8.12. The number of aromatic nitrogens is 2. The van der Waals surface area contributed by atoms with Crippen LogP contribution in [0.25, 0.3) is 11.3 Å². The van der Waals surface area contributed by atoms with Crippen molar-refractivity contribution in [1.82, 2.24) is 9.97 Å². The molecular weight excluding hydrogens is 399 g/mol. The van der Waals surface area contributed by atoms with Gasteiger partial charge in [0, 0.05) is 31.5 Å². The lowest BCUT2D eigenvalue weighted by Gasteiger charge is -2.23. The summed E-state index contributed by atoms with van der Waals surface area (Å²) in [6.07, 6.45) is 3.98. The van der Waals surface area contributed by atoms with Crippen molar-refractivity contribution in [3.05, 3.63) is 33.4 Å². The quantitative estimate of drug-likeness (QED) is 0.679. The van der Waals surface area contributed by atoms with Gasteiger partial charge in [-0.15, -0.1) is 0 Å². The van der Waals surface area contributed by atoms with Crippen LogP contribution in [0.1, 0.15) is 12.8 Å². The van der Waals surface area contributed by atoms with Crippen LogP contribution < -0.4 is 10.6 Å². The second-order valence-corrected chi connectivity index (χ2v) is 7.12. The molecule has 9 heteroatoms. The summed E-state index contributed by atoms with van der Waals surface area (Å²) in [6, 6.07) is 3.24. The number of carbonyl (C=O) groups excluding carboxylic acids is 1. The molecule has 0 spiro atoms. The number of anilines is 2. The molecule has 2 N–H and O–H groups in total. The van der Waals surface area contributed by atoms with E-state index in [-0.39, 0.29) is 0 Å². The van der Waals surface area contributed by atoms with Gasteiger partial charge in [-0.3, -0.25) is 4.79 Å². The number of hydrogen-bond acceptors (Lipinski definition) is 5. The van der Waals surface area contributed by atoms with Crippen LogP contribution in [0.2, 0.25) is 15.1 Å². The highest BCUT2D eigenvalue weighted by molar-refractivity contribution is 6.38. The Balaban J connectivity index is 1.88. The van der Waals surface area contributed by atoms with Crippen molar-refractivity contribution >= 4 is 52.8 Å². The summed E-state index contributed by atoms with van der Waals surface area (Å²) >= 11 is 18.9. The average molecular weight is 416 g/mol. The minimum atomic E-state index is 0.351. The minimum Gasteiger partial charge on any atom is -0.381 e. The van der Waals surface area contributed by atoms with E-state index in [1.54, 1.807) is 12.1 Å². The van der Waals surface area contributed by atoms with Gasteiger partial charge >= 0.3 is 0 Å². The molecule has 26 heavy (non-hydrogen) atoms. The molecule has 0 saturated carbocycles. The standard InChI is InChI=1S/C17H17Cl3N4O2/c18-12-6-13(19)17(22-7-10-1-3-26-4-2-10)24-16(12)11-5-15(23-9-25)21-8-14(11)20/h5-6,8-10H,1-4,7H2,(H,22,24)(H,21,23,25). The largest absolute Gasteiger partial charge is 0.381 e. The van der Waals surface area contributed by atoms with Crippen LogP contribution in [-0.4, -0.2) is 36.1 Å². The molecule has 1 amide bonds. The molecule has 0 aliphatic carbocycles. The van der Waals surface area contributed by atoms with Gasteiger partial charge in [0.2, 0.25) is 6.41 Å². The fourth-order valence-corrected chi connectivity index (χ4v) is 3.45. The third-order valence-corrected chi connectivity index (χ3v) is 5.02. The number of carbonyl (C=O) groups is 1. The maximum atomic E-state index is 10.6. The normalized spacial score (nSPS) is 14.9. The maximum absolute atomic E-state index is 10.6. The zero-order valence-corrected chi connectivity index (χ0v) is 16.0. The van der Waals surface area contributed by atoms with E-state index in [1.807, 2.05) is 0 Å². The third kappa shape index (κ3) is 4.57. The molecule has 1 saturated heterocycles. The molecule has 1 fully saturated rings. The van der Waals surface area contributed by atoms with Gasteiger partial charge in [-0.1, -0.05) is 34.8 Å². The van der Waals surface area contributed by atoms with Crippen molar-refractivity contribution in [2.45, 2.75) is 12.8 Å². The van der Waals surface area contributed by atoms with Crippen molar-refractivity contribution in [3.8, 4) is 11.3 Å². The fourth-order valence-electron chi connectivity index (χ4n) is 2.73. The SMILES string of the molecule is O=CNc1cc(-c2nc(NCC3CCOCC3)c(Cl)cc2Cl)c(Cl)cn1. The van der Waals surface area contributed by atoms with Crippen LogP contribution in [0.15, 0.2) is 18.3 Å². The van der Waals surface area contributed by atoms with E-state index in [2.05, 4.69) is 20.6 Å². The molecule has 0 aromatic carbocycles. The highest BCUT2D eigenvalue weighted by Gasteiger charge is 2.17. The van der Waals surface area contributed by atoms with Gasteiger partial charge in [0.1, 0.15) is 11.6 Å². The molecule has 0 radical (unpaired) electrons. The van der Waals surface area contributed by atoms with E-state index < -0.39 is 0 Å². The van der Waals surface area contributed by atoms with E-state index in [9.17, 15) is 4.79 Å². The summed E-state index contributed by atoms with van der Waals surface area (Å²) in [4.78, 5) is 19.2. The summed E-state index contributed by atoms with van der Waals surface area (Å²) in [5.74, 6) is 1.40. The van der Waals surface area contributed by atoms with Crippen LogP contribution in [0.4, 0.5) is 11.6 Å². The third-order valence-electron chi connectivity index (χ3n) is 4.15. The number of amides is 1. The summed E-state index contributed by atoms with van der Waals surface area (Å²) in [6.45, 7) is 2.30. The number of pyridine rings is 2. The molecule has 3 heterocycles. The number of nitrogens with zero attached hydrogens (tertiary/aromatic N) is 2. The highest BCUT2D eigenvalue weighted by Crippen LogP contribution is 2.36. The van der Waals surface area contributed by atoms with Gasteiger partial charge in [0.15, 0.2) is 0 Å². The van der Waals surface area contributed by atoms with Crippen LogP contribution in [-0.2, 0) is 9.53 Å². The predicted molar refractivity (Wildman–Crippen MR) is 104 cm³/mol. The molecule has 0 atom stereocenters. The van der Waals surface area contributed by atoms with E-state index in [0.29, 0.717) is 50.3 Å². The van der Waals surface area contributed by atoms with Gasteiger partial charge in [0.05, 0.1) is 20.8 Å². The molecule has 0 bridgehead atoms. The Morgan fingerprint density at radius 2 is 1.92 bits per heavy atom. The minimum absolute atomic E-state index is 0.351. The van der Waals surface area contributed by atoms with Crippen LogP contribution in [0, 0.1) is 5.92 Å². The molecular formula is C17H17Cl3N4O2. The van der Waals surface area contributed by atoms with Crippen LogP contribution in [0.5, 0.6) is 0 Å². The van der Waals surface area contributed by atoms with Gasteiger partial charge in [-0.25, -0.2) is 9.97 Å². The van der Waals surface area contributed by atoms with Gasteiger partial charge in [-0.2, -0.15) is 0 Å². The van der Waals surface area contributed by atoms with E-state index in [4.69, 9.17) is 39.5 Å². The lowest BCUT2D eigenvalue weighted by atomic mass is 10.0. The van der Waals surface area contributed by atoms with Crippen molar-refractivity contribution < 1.29 is 9.53 Å². The van der Waals surface area contributed by atoms with Gasteiger partial charge in [-0.05, 0) is 30.9 Å². The second kappa shape index (κ2) is 8.86. The Bertz CT molecular complexity index is 798. The lowest BCUT2D eigenvalue weighted by Crippen LogP contribution is -2.23. The van der Waals surface area contributed by atoms with E-state index in [0.717, 1.165) is 32.6 Å². The number of nitrogens with one attached hydrogen (secondary N) is 2. The first kappa shape index (κ1) is 19.2.